The van der Waals surface area contributed by atoms with Crippen LogP contribution in [0.3, 0.4) is 0 Å². The molecule has 106 valence electrons. The van der Waals surface area contributed by atoms with E-state index in [4.69, 9.17) is 11.5 Å². The number of benzene rings is 1. The standard InChI is InChI=1S/C13H16N4O3/c1-16-11-8(14)4-2-5-9(11)17(13(16)20)10(12(15)19)6-3-7-18/h2,4-5,7,10H,3,6,14H2,1H3,(H2,15,19). The molecule has 0 aliphatic carbocycles. The Morgan fingerprint density at radius 1 is 1.45 bits per heavy atom. The summed E-state index contributed by atoms with van der Waals surface area (Å²) < 4.78 is 2.68. The van der Waals surface area contributed by atoms with Crippen LogP contribution in [0.25, 0.3) is 11.0 Å². The van der Waals surface area contributed by atoms with Gasteiger partial charge in [-0.05, 0) is 18.6 Å². The number of anilines is 1. The first-order chi connectivity index (χ1) is 9.49. The highest BCUT2D eigenvalue weighted by Gasteiger charge is 2.24. The first-order valence-electron chi connectivity index (χ1n) is 6.17. The summed E-state index contributed by atoms with van der Waals surface area (Å²) in [5.41, 5.74) is 12.4. The Hall–Kier alpha value is -2.57. The van der Waals surface area contributed by atoms with Crippen molar-refractivity contribution in [1.29, 1.82) is 0 Å². The molecule has 2 aromatic rings. The fourth-order valence-corrected chi connectivity index (χ4v) is 2.39. The molecule has 0 radical (unpaired) electrons. The van der Waals surface area contributed by atoms with Gasteiger partial charge in [0.15, 0.2) is 0 Å². The van der Waals surface area contributed by atoms with Crippen molar-refractivity contribution < 1.29 is 9.59 Å². The monoisotopic (exact) mass is 276 g/mol. The molecule has 1 aromatic carbocycles. The molecular weight excluding hydrogens is 260 g/mol. The Kier molecular flexibility index (Phi) is 3.60. The Balaban J connectivity index is 2.72. The highest BCUT2D eigenvalue weighted by Crippen LogP contribution is 2.23. The Bertz CT molecular complexity index is 729. The predicted octanol–water partition coefficient (Wildman–Crippen LogP) is -0.0723. The van der Waals surface area contributed by atoms with Crippen molar-refractivity contribution in [2.75, 3.05) is 5.73 Å². The molecule has 0 aliphatic rings. The molecule has 4 N–H and O–H groups in total. The summed E-state index contributed by atoms with van der Waals surface area (Å²) in [7, 11) is 1.58. The van der Waals surface area contributed by atoms with E-state index in [1.54, 1.807) is 25.2 Å². The minimum absolute atomic E-state index is 0.152. The highest BCUT2D eigenvalue weighted by molar-refractivity contribution is 5.89. The minimum atomic E-state index is -0.863. The molecule has 0 aliphatic heterocycles. The number of nitrogens with zero attached hydrogens (tertiary/aromatic N) is 2. The van der Waals surface area contributed by atoms with Gasteiger partial charge in [-0.25, -0.2) is 4.79 Å². The van der Waals surface area contributed by atoms with Gasteiger partial charge in [-0.1, -0.05) is 6.07 Å². The number of rotatable bonds is 5. The van der Waals surface area contributed by atoms with Crippen molar-refractivity contribution in [2.24, 2.45) is 12.8 Å². The van der Waals surface area contributed by atoms with Crippen LogP contribution >= 0.6 is 0 Å². The maximum atomic E-state index is 12.3. The number of nitrogens with two attached hydrogens (primary N) is 2. The van der Waals surface area contributed by atoms with Crippen molar-refractivity contribution in [3.8, 4) is 0 Å². The van der Waals surface area contributed by atoms with E-state index in [1.165, 1.54) is 9.13 Å². The molecule has 1 unspecified atom stereocenters. The van der Waals surface area contributed by atoms with Gasteiger partial charge in [0.25, 0.3) is 0 Å². The topological polar surface area (TPSA) is 113 Å². The molecular formula is C13H16N4O3. The normalized spacial score (nSPS) is 12.4. The zero-order valence-electron chi connectivity index (χ0n) is 11.1. The maximum Gasteiger partial charge on any atom is 0.329 e. The van der Waals surface area contributed by atoms with Gasteiger partial charge in [-0.2, -0.15) is 0 Å². The number of para-hydroxylation sites is 1. The zero-order chi connectivity index (χ0) is 14.9. The Morgan fingerprint density at radius 2 is 2.15 bits per heavy atom. The molecule has 1 aromatic heterocycles. The molecule has 0 fully saturated rings. The number of amides is 1. The lowest BCUT2D eigenvalue weighted by Gasteiger charge is -2.13. The summed E-state index contributed by atoms with van der Waals surface area (Å²) in [4.78, 5) is 34.4. The van der Waals surface area contributed by atoms with Crippen molar-refractivity contribution in [3.63, 3.8) is 0 Å². The van der Waals surface area contributed by atoms with Gasteiger partial charge >= 0.3 is 5.69 Å². The lowest BCUT2D eigenvalue weighted by Crippen LogP contribution is -2.34. The number of carbonyl (C=O) groups is 2. The molecule has 2 rings (SSSR count). The van der Waals surface area contributed by atoms with E-state index in [2.05, 4.69) is 0 Å². The van der Waals surface area contributed by atoms with E-state index in [-0.39, 0.29) is 18.5 Å². The lowest BCUT2D eigenvalue weighted by molar-refractivity contribution is -0.121. The van der Waals surface area contributed by atoms with Crippen molar-refractivity contribution in [2.45, 2.75) is 18.9 Å². The number of hydrogen-bond donors (Lipinski definition) is 2. The molecule has 1 heterocycles. The van der Waals surface area contributed by atoms with Crippen LogP contribution in [0.2, 0.25) is 0 Å². The second-order valence-electron chi connectivity index (χ2n) is 4.59. The quantitative estimate of drug-likeness (QED) is 0.587. The second-order valence-corrected chi connectivity index (χ2v) is 4.59. The van der Waals surface area contributed by atoms with Gasteiger partial charge in [0.2, 0.25) is 5.91 Å². The number of primary amides is 1. The fraction of sp³-hybridized carbons (Fsp3) is 0.308. The first kappa shape index (κ1) is 13.9. The summed E-state index contributed by atoms with van der Waals surface area (Å²) in [6, 6.07) is 4.21. The number of hydrogen-bond acceptors (Lipinski definition) is 4. The average molecular weight is 276 g/mol. The largest absolute Gasteiger partial charge is 0.397 e. The molecule has 7 nitrogen and oxygen atoms in total. The third-order valence-electron chi connectivity index (χ3n) is 3.33. The van der Waals surface area contributed by atoms with Gasteiger partial charge in [-0.3, -0.25) is 13.9 Å². The van der Waals surface area contributed by atoms with Crippen LogP contribution in [0.1, 0.15) is 18.9 Å². The third-order valence-corrected chi connectivity index (χ3v) is 3.33. The van der Waals surface area contributed by atoms with Crippen molar-refractivity contribution in [1.82, 2.24) is 9.13 Å². The number of imidazole rings is 1. The van der Waals surface area contributed by atoms with Gasteiger partial charge in [-0.15, -0.1) is 0 Å². The van der Waals surface area contributed by atoms with Gasteiger partial charge in [0, 0.05) is 13.5 Å². The van der Waals surface area contributed by atoms with E-state index in [0.29, 0.717) is 23.0 Å². The Morgan fingerprint density at radius 3 is 2.75 bits per heavy atom. The van der Waals surface area contributed by atoms with Crippen LogP contribution in [-0.4, -0.2) is 21.3 Å². The van der Waals surface area contributed by atoms with E-state index < -0.39 is 11.9 Å². The molecule has 0 saturated heterocycles. The van der Waals surface area contributed by atoms with Crippen LogP contribution in [0, 0.1) is 0 Å². The van der Waals surface area contributed by atoms with Gasteiger partial charge in [0.1, 0.15) is 12.3 Å². The molecule has 1 atom stereocenters. The van der Waals surface area contributed by atoms with Crippen LogP contribution in [-0.2, 0) is 16.6 Å². The van der Waals surface area contributed by atoms with Crippen molar-refractivity contribution >= 4 is 28.9 Å². The zero-order valence-corrected chi connectivity index (χ0v) is 11.1. The maximum absolute atomic E-state index is 12.3. The van der Waals surface area contributed by atoms with Gasteiger partial charge < -0.3 is 16.3 Å². The lowest BCUT2D eigenvalue weighted by atomic mass is 10.1. The number of aldehydes is 1. The molecule has 1 amide bonds. The van der Waals surface area contributed by atoms with Crippen LogP contribution in [0.4, 0.5) is 5.69 Å². The van der Waals surface area contributed by atoms with Gasteiger partial charge in [0.05, 0.1) is 16.7 Å². The molecule has 0 spiro atoms. The molecule has 20 heavy (non-hydrogen) atoms. The van der Waals surface area contributed by atoms with Crippen LogP contribution in [0.15, 0.2) is 23.0 Å². The summed E-state index contributed by atoms with van der Waals surface area (Å²) in [6.45, 7) is 0. The molecule has 7 heteroatoms. The predicted molar refractivity (Wildman–Crippen MR) is 75.1 cm³/mol. The summed E-state index contributed by atoms with van der Waals surface area (Å²) in [5, 5.41) is 0. The number of carbonyl (C=O) groups excluding carboxylic acids is 2. The van der Waals surface area contributed by atoms with E-state index in [0.717, 1.165) is 0 Å². The second kappa shape index (κ2) is 5.20. The number of aryl methyl sites for hydroxylation is 1. The minimum Gasteiger partial charge on any atom is -0.397 e. The van der Waals surface area contributed by atoms with Crippen LogP contribution < -0.4 is 17.2 Å². The van der Waals surface area contributed by atoms with E-state index in [1.807, 2.05) is 0 Å². The first-order valence-corrected chi connectivity index (χ1v) is 6.17. The summed E-state index contributed by atoms with van der Waals surface area (Å²) >= 11 is 0. The third kappa shape index (κ3) is 2.07. The molecule has 0 bridgehead atoms. The summed E-state index contributed by atoms with van der Waals surface area (Å²) in [5.74, 6) is -0.649. The smallest absolute Gasteiger partial charge is 0.329 e. The number of nitrogen functional groups attached to an aromatic ring is 1. The number of aromatic nitrogens is 2. The Labute approximate surface area is 114 Å². The van der Waals surface area contributed by atoms with Crippen LogP contribution in [0.5, 0.6) is 0 Å². The number of fused-ring (bicyclic) bond motifs is 1. The SMILES string of the molecule is Cn1c(=O)n(C(CCC=O)C(N)=O)c2cccc(N)c21. The molecule has 0 saturated carbocycles. The van der Waals surface area contributed by atoms with Crippen molar-refractivity contribution in [3.05, 3.63) is 28.7 Å². The summed E-state index contributed by atoms with van der Waals surface area (Å²) in [6.07, 6.45) is 1.03. The van der Waals surface area contributed by atoms with E-state index in [9.17, 15) is 14.4 Å². The fourth-order valence-electron chi connectivity index (χ4n) is 2.39. The van der Waals surface area contributed by atoms with E-state index >= 15 is 0 Å². The highest BCUT2D eigenvalue weighted by atomic mass is 16.2. The average Bonchev–Trinajstić information content (AvgIpc) is 2.65.